The Morgan fingerprint density at radius 2 is 2.00 bits per heavy atom. The Hall–Kier alpha value is -1.43. The first-order valence-electron chi connectivity index (χ1n) is 4.75. The van der Waals surface area contributed by atoms with E-state index in [4.69, 9.17) is 9.47 Å². The topological polar surface area (TPSA) is 64.6 Å². The first kappa shape index (κ1) is 12.6. The van der Waals surface area contributed by atoms with Gasteiger partial charge >= 0.3 is 0 Å². The minimum Gasteiger partial charge on any atom is -0.493 e. The first-order valence-corrected chi connectivity index (χ1v) is 6.64. The predicted octanol–water partition coefficient (Wildman–Crippen LogP) is 1.47. The Labute approximate surface area is 95.4 Å². The van der Waals surface area contributed by atoms with Gasteiger partial charge in [-0.2, -0.15) is 0 Å². The number of hydrogen-bond acceptors (Lipinski definition) is 4. The fourth-order valence-corrected chi connectivity index (χ4v) is 1.78. The van der Waals surface area contributed by atoms with Crippen molar-refractivity contribution in [1.29, 1.82) is 0 Å². The summed E-state index contributed by atoms with van der Waals surface area (Å²) in [7, 11) is -1.77. The van der Waals surface area contributed by atoms with Crippen LogP contribution in [-0.4, -0.2) is 28.4 Å². The molecule has 1 rings (SSSR count). The van der Waals surface area contributed by atoms with Crippen LogP contribution in [0.5, 0.6) is 11.5 Å². The maximum atomic E-state index is 11.0. The van der Waals surface area contributed by atoms with Crippen LogP contribution in [0.25, 0.3) is 0 Å². The Morgan fingerprint density at radius 1 is 1.31 bits per heavy atom. The van der Waals surface area contributed by atoms with E-state index in [2.05, 4.69) is 4.72 Å². The van der Waals surface area contributed by atoms with E-state index >= 15 is 0 Å². The van der Waals surface area contributed by atoms with E-state index in [1.54, 1.807) is 18.2 Å². The zero-order chi connectivity index (χ0) is 12.2. The van der Waals surface area contributed by atoms with Gasteiger partial charge in [0.1, 0.15) is 0 Å². The minimum atomic E-state index is -3.27. The van der Waals surface area contributed by atoms with Crippen molar-refractivity contribution in [2.45, 2.75) is 6.92 Å². The lowest BCUT2D eigenvalue weighted by Gasteiger charge is -2.11. The second-order valence-corrected chi connectivity index (χ2v) is 4.92. The fraction of sp³-hybridized carbons (Fsp3) is 0.400. The van der Waals surface area contributed by atoms with Crippen molar-refractivity contribution in [2.75, 3.05) is 24.7 Å². The lowest BCUT2D eigenvalue weighted by Crippen LogP contribution is -2.09. The Morgan fingerprint density at radius 3 is 2.50 bits per heavy atom. The highest BCUT2D eigenvalue weighted by Gasteiger charge is 2.07. The second-order valence-electron chi connectivity index (χ2n) is 3.17. The van der Waals surface area contributed by atoms with Gasteiger partial charge in [-0.15, -0.1) is 0 Å². The van der Waals surface area contributed by atoms with E-state index in [0.29, 0.717) is 23.8 Å². The summed E-state index contributed by atoms with van der Waals surface area (Å²) in [5, 5.41) is 0. The zero-order valence-electron chi connectivity index (χ0n) is 9.48. The summed E-state index contributed by atoms with van der Waals surface area (Å²) in [4.78, 5) is 0. The van der Waals surface area contributed by atoms with Crippen molar-refractivity contribution in [3.05, 3.63) is 18.2 Å². The molecule has 16 heavy (non-hydrogen) atoms. The molecule has 90 valence electrons. The summed E-state index contributed by atoms with van der Waals surface area (Å²) in [5.41, 5.74) is 0.447. The van der Waals surface area contributed by atoms with Crippen LogP contribution >= 0.6 is 0 Å². The van der Waals surface area contributed by atoms with Gasteiger partial charge < -0.3 is 9.47 Å². The molecular formula is C10H15NO4S. The van der Waals surface area contributed by atoms with Gasteiger partial charge in [0, 0.05) is 6.07 Å². The van der Waals surface area contributed by atoms with Gasteiger partial charge in [0.25, 0.3) is 0 Å². The van der Waals surface area contributed by atoms with Crippen LogP contribution in [0.3, 0.4) is 0 Å². The quantitative estimate of drug-likeness (QED) is 0.853. The smallest absolute Gasteiger partial charge is 0.229 e. The first-order chi connectivity index (χ1) is 7.46. The van der Waals surface area contributed by atoms with Gasteiger partial charge in [-0.25, -0.2) is 8.42 Å². The molecule has 0 atom stereocenters. The van der Waals surface area contributed by atoms with E-state index in [1.165, 1.54) is 7.11 Å². The van der Waals surface area contributed by atoms with Crippen LogP contribution in [0.2, 0.25) is 0 Å². The van der Waals surface area contributed by atoms with Crippen LogP contribution in [0.15, 0.2) is 18.2 Å². The van der Waals surface area contributed by atoms with Crippen molar-refractivity contribution >= 4 is 15.7 Å². The van der Waals surface area contributed by atoms with E-state index in [1.807, 2.05) is 6.92 Å². The highest BCUT2D eigenvalue weighted by molar-refractivity contribution is 7.92. The highest BCUT2D eigenvalue weighted by Crippen LogP contribution is 2.30. The predicted molar refractivity (Wildman–Crippen MR) is 62.6 cm³/mol. The molecule has 1 N–H and O–H groups in total. The molecule has 0 unspecified atom stereocenters. The molecule has 0 saturated carbocycles. The molecule has 0 aromatic heterocycles. The van der Waals surface area contributed by atoms with E-state index in [9.17, 15) is 8.42 Å². The molecule has 6 heteroatoms. The lowest BCUT2D eigenvalue weighted by molar-refractivity contribution is 0.311. The number of hydrogen-bond donors (Lipinski definition) is 1. The van der Waals surface area contributed by atoms with Crippen molar-refractivity contribution in [3.8, 4) is 11.5 Å². The summed E-state index contributed by atoms with van der Waals surface area (Å²) in [5.74, 6) is 1.08. The van der Waals surface area contributed by atoms with Crippen LogP contribution in [-0.2, 0) is 10.0 Å². The van der Waals surface area contributed by atoms with Crippen LogP contribution in [0, 0.1) is 0 Å². The van der Waals surface area contributed by atoms with E-state index in [0.717, 1.165) is 6.26 Å². The van der Waals surface area contributed by atoms with E-state index < -0.39 is 10.0 Å². The van der Waals surface area contributed by atoms with Gasteiger partial charge in [-0.3, -0.25) is 4.72 Å². The molecule has 0 amide bonds. The summed E-state index contributed by atoms with van der Waals surface area (Å²) in [6.07, 6.45) is 1.09. The van der Waals surface area contributed by atoms with Gasteiger partial charge in [0.05, 0.1) is 25.7 Å². The summed E-state index contributed by atoms with van der Waals surface area (Å²) in [6, 6.07) is 4.86. The third kappa shape index (κ3) is 3.62. The molecule has 0 spiro atoms. The van der Waals surface area contributed by atoms with Gasteiger partial charge in [-0.1, -0.05) is 0 Å². The van der Waals surface area contributed by atoms with Crippen LogP contribution in [0.1, 0.15) is 6.92 Å². The van der Waals surface area contributed by atoms with Gasteiger partial charge in [-0.05, 0) is 19.1 Å². The monoisotopic (exact) mass is 245 g/mol. The molecule has 1 aromatic carbocycles. The molecule has 0 saturated heterocycles. The molecule has 0 aliphatic carbocycles. The fourth-order valence-electron chi connectivity index (χ4n) is 1.22. The van der Waals surface area contributed by atoms with Crippen molar-refractivity contribution in [1.82, 2.24) is 0 Å². The largest absolute Gasteiger partial charge is 0.493 e. The van der Waals surface area contributed by atoms with Crippen molar-refractivity contribution in [3.63, 3.8) is 0 Å². The van der Waals surface area contributed by atoms with Crippen LogP contribution < -0.4 is 14.2 Å². The molecule has 0 aliphatic heterocycles. The average molecular weight is 245 g/mol. The summed E-state index contributed by atoms with van der Waals surface area (Å²) < 4.78 is 34.8. The van der Waals surface area contributed by atoms with Gasteiger partial charge in [0.15, 0.2) is 11.5 Å². The standard InChI is InChI=1S/C10H15NO4S/c1-4-15-9-6-5-8(7-10(9)14-2)11-16(3,12)13/h5-7,11H,4H2,1-3H3. The summed E-state index contributed by atoms with van der Waals surface area (Å²) in [6.45, 7) is 2.39. The SMILES string of the molecule is CCOc1ccc(NS(C)(=O)=O)cc1OC. The number of rotatable bonds is 5. The van der Waals surface area contributed by atoms with Crippen molar-refractivity contribution in [2.24, 2.45) is 0 Å². The summed E-state index contributed by atoms with van der Waals surface area (Å²) >= 11 is 0. The van der Waals surface area contributed by atoms with E-state index in [-0.39, 0.29) is 0 Å². The number of anilines is 1. The molecule has 0 bridgehead atoms. The number of sulfonamides is 1. The maximum absolute atomic E-state index is 11.0. The van der Waals surface area contributed by atoms with Gasteiger partial charge in [0.2, 0.25) is 10.0 Å². The Bertz CT molecular complexity index is 456. The normalized spacial score (nSPS) is 10.9. The Balaban J connectivity index is 2.99. The molecule has 5 nitrogen and oxygen atoms in total. The molecule has 0 aliphatic rings. The third-order valence-corrected chi connectivity index (χ3v) is 2.37. The Kier molecular flexibility index (Phi) is 4.00. The highest BCUT2D eigenvalue weighted by atomic mass is 32.2. The molecular weight excluding hydrogens is 230 g/mol. The number of methoxy groups -OCH3 is 1. The van der Waals surface area contributed by atoms with Crippen LogP contribution in [0.4, 0.5) is 5.69 Å². The van der Waals surface area contributed by atoms with Crippen molar-refractivity contribution < 1.29 is 17.9 Å². The molecule has 0 fully saturated rings. The molecule has 0 heterocycles. The number of benzene rings is 1. The lowest BCUT2D eigenvalue weighted by atomic mass is 10.3. The second kappa shape index (κ2) is 5.07. The zero-order valence-corrected chi connectivity index (χ0v) is 10.3. The third-order valence-electron chi connectivity index (χ3n) is 1.77. The minimum absolute atomic E-state index is 0.447. The molecule has 1 aromatic rings. The number of nitrogens with one attached hydrogen (secondary N) is 1. The molecule has 0 radical (unpaired) electrons. The maximum Gasteiger partial charge on any atom is 0.229 e. The average Bonchev–Trinajstić information content (AvgIpc) is 2.18. The number of ether oxygens (including phenoxy) is 2.